The predicted octanol–water partition coefficient (Wildman–Crippen LogP) is 4.83. The number of oxazole rings is 1. The van der Waals surface area contributed by atoms with Crippen molar-refractivity contribution in [3.05, 3.63) is 53.2 Å². The summed E-state index contributed by atoms with van der Waals surface area (Å²) < 4.78 is 11.7. The third-order valence-electron chi connectivity index (χ3n) is 8.53. The summed E-state index contributed by atoms with van der Waals surface area (Å²) in [5.41, 5.74) is 1.49. The second-order valence-electron chi connectivity index (χ2n) is 14.3. The number of hydrogen-bond acceptors (Lipinski definition) is 7. The lowest BCUT2D eigenvalue weighted by atomic mass is 9.87. The largest absolute Gasteiger partial charge is 0.437 e. The van der Waals surface area contributed by atoms with Crippen molar-refractivity contribution in [3.8, 4) is 0 Å². The van der Waals surface area contributed by atoms with Crippen LogP contribution in [-0.4, -0.2) is 91.0 Å². The molecule has 10 nitrogen and oxygen atoms in total. The molecule has 2 saturated heterocycles. The summed E-state index contributed by atoms with van der Waals surface area (Å²) in [6, 6.07) is 7.98. The van der Waals surface area contributed by atoms with Crippen molar-refractivity contribution in [2.45, 2.75) is 91.1 Å². The number of ketones is 1. The lowest BCUT2D eigenvalue weighted by Gasteiger charge is -2.32. The van der Waals surface area contributed by atoms with Crippen molar-refractivity contribution in [1.82, 2.24) is 25.4 Å². The van der Waals surface area contributed by atoms with Crippen LogP contribution >= 0.6 is 0 Å². The van der Waals surface area contributed by atoms with E-state index in [-0.39, 0.29) is 40.7 Å². The molecule has 1 aromatic carbocycles. The van der Waals surface area contributed by atoms with Gasteiger partial charge in [0.25, 0.3) is 0 Å². The van der Waals surface area contributed by atoms with Crippen LogP contribution in [0.25, 0.3) is 0 Å². The van der Waals surface area contributed by atoms with Crippen LogP contribution in [0.15, 0.2) is 34.7 Å². The van der Waals surface area contributed by atoms with E-state index in [1.807, 2.05) is 51.1 Å². The van der Waals surface area contributed by atoms with E-state index in [0.29, 0.717) is 63.6 Å². The van der Waals surface area contributed by atoms with E-state index in [1.165, 1.54) is 0 Å². The fourth-order valence-corrected chi connectivity index (χ4v) is 6.00. The lowest BCUT2D eigenvalue weighted by molar-refractivity contribution is -0.124. The number of Topliss-reactive ketones (excluding diaryl/α,β-unsaturated/α-hetero) is 1. The highest BCUT2D eigenvalue weighted by atomic mass is 16.5. The zero-order chi connectivity index (χ0) is 32.6. The zero-order valence-corrected chi connectivity index (χ0v) is 28.1. The van der Waals surface area contributed by atoms with Crippen LogP contribution in [0.5, 0.6) is 0 Å². The van der Waals surface area contributed by atoms with Gasteiger partial charge >= 0.3 is 6.03 Å². The number of piperidine rings is 1. The van der Waals surface area contributed by atoms with Crippen molar-refractivity contribution >= 4 is 17.7 Å². The Morgan fingerprint density at radius 2 is 1.64 bits per heavy atom. The number of nitrogens with one attached hydrogen (secondary N) is 2. The van der Waals surface area contributed by atoms with Crippen LogP contribution in [0, 0.1) is 11.3 Å². The number of aryl methyl sites for hydroxylation is 1. The molecule has 0 spiro atoms. The first-order chi connectivity index (χ1) is 21.4. The van der Waals surface area contributed by atoms with E-state index in [2.05, 4.69) is 36.4 Å². The Bertz CT molecular complexity index is 1260. The predicted molar refractivity (Wildman–Crippen MR) is 174 cm³/mol. The number of rotatable bonds is 12. The number of carbonyl (C=O) groups excluding carboxylic acids is 3. The first-order valence-corrected chi connectivity index (χ1v) is 16.6. The van der Waals surface area contributed by atoms with Crippen molar-refractivity contribution in [2.24, 2.45) is 11.3 Å². The minimum absolute atomic E-state index is 0.164. The van der Waals surface area contributed by atoms with Gasteiger partial charge in [0.15, 0.2) is 11.7 Å². The Morgan fingerprint density at radius 1 is 0.978 bits per heavy atom. The molecule has 2 N–H and O–H groups in total. The molecule has 2 atom stereocenters. The molecular weight excluding hydrogens is 570 g/mol. The van der Waals surface area contributed by atoms with Gasteiger partial charge in [-0.05, 0) is 75.6 Å². The maximum Gasteiger partial charge on any atom is 0.318 e. The number of morpholine rings is 1. The van der Waals surface area contributed by atoms with Gasteiger partial charge in [0.2, 0.25) is 11.7 Å². The lowest BCUT2D eigenvalue weighted by Crippen LogP contribution is -2.56. The number of benzene rings is 1. The van der Waals surface area contributed by atoms with Gasteiger partial charge in [-0.2, -0.15) is 0 Å². The summed E-state index contributed by atoms with van der Waals surface area (Å²) in [5.74, 6) is 0.668. The summed E-state index contributed by atoms with van der Waals surface area (Å²) in [6.45, 7) is 14.1. The molecule has 4 rings (SSSR count). The maximum atomic E-state index is 14.4. The Hall–Kier alpha value is -3.24. The first-order valence-electron chi connectivity index (χ1n) is 16.6. The van der Waals surface area contributed by atoms with E-state index >= 15 is 0 Å². The van der Waals surface area contributed by atoms with E-state index in [1.54, 1.807) is 4.90 Å². The number of amides is 3. The quantitative estimate of drug-likeness (QED) is 0.326. The Kier molecular flexibility index (Phi) is 12.2. The molecular formula is C35H53N5O5. The standard InChI is InChI=1S/C35H53N5O5/c1-24(2)22-28-31(45-33(37-28)26-14-16-39(6)17-15-26)30(41)27(13-12-25-10-8-7-9-11-25)36-32(42)29(23-35(3,4)5)38-34(43)40-18-20-44-21-19-40/h7-11,24,26-27,29H,12-23H2,1-6H3,(H,36,42)(H,38,43). The van der Waals surface area contributed by atoms with Gasteiger partial charge in [-0.15, -0.1) is 0 Å². The SMILES string of the molecule is CC(C)Cc1nc(C2CCN(C)CC2)oc1C(=O)C(CCc1ccccc1)NC(=O)C(CC(C)(C)C)NC(=O)N1CCOCC1. The van der Waals surface area contributed by atoms with Crippen molar-refractivity contribution in [2.75, 3.05) is 46.4 Å². The Balaban J connectivity index is 1.60. The monoisotopic (exact) mass is 623 g/mol. The van der Waals surface area contributed by atoms with Gasteiger partial charge in [0.05, 0.1) is 24.9 Å². The Morgan fingerprint density at radius 3 is 2.27 bits per heavy atom. The van der Waals surface area contributed by atoms with Gasteiger partial charge in [-0.1, -0.05) is 65.0 Å². The molecule has 0 bridgehead atoms. The number of hydrogen-bond donors (Lipinski definition) is 2. The summed E-state index contributed by atoms with van der Waals surface area (Å²) in [4.78, 5) is 50.3. The van der Waals surface area contributed by atoms with Crippen LogP contribution in [-0.2, 0) is 22.4 Å². The molecule has 0 aliphatic carbocycles. The third kappa shape index (κ3) is 10.4. The van der Waals surface area contributed by atoms with Crippen molar-refractivity contribution < 1.29 is 23.5 Å². The highest BCUT2D eigenvalue weighted by Gasteiger charge is 2.35. The zero-order valence-electron chi connectivity index (χ0n) is 28.1. The second-order valence-corrected chi connectivity index (χ2v) is 14.3. The summed E-state index contributed by atoms with van der Waals surface area (Å²) in [7, 11) is 2.11. The van der Waals surface area contributed by atoms with Gasteiger partial charge < -0.3 is 29.6 Å². The molecule has 3 heterocycles. The minimum Gasteiger partial charge on any atom is -0.437 e. The number of urea groups is 1. The van der Waals surface area contributed by atoms with Gasteiger partial charge in [0, 0.05) is 19.0 Å². The molecule has 3 amide bonds. The molecule has 2 fully saturated rings. The summed E-state index contributed by atoms with van der Waals surface area (Å²) in [5, 5.41) is 6.01. The molecule has 1 aromatic heterocycles. The maximum absolute atomic E-state index is 14.4. The average Bonchev–Trinajstić information content (AvgIpc) is 3.42. The molecule has 2 unspecified atom stereocenters. The Labute approximate surface area is 268 Å². The number of ether oxygens (including phenoxy) is 1. The second kappa shape index (κ2) is 15.9. The molecule has 0 radical (unpaired) electrons. The molecule has 0 saturated carbocycles. The summed E-state index contributed by atoms with van der Waals surface area (Å²) in [6.07, 6.45) is 3.86. The number of carbonyl (C=O) groups is 3. The van der Waals surface area contributed by atoms with Gasteiger partial charge in [-0.3, -0.25) is 9.59 Å². The highest BCUT2D eigenvalue weighted by molar-refractivity contribution is 6.01. The molecule has 45 heavy (non-hydrogen) atoms. The fourth-order valence-electron chi connectivity index (χ4n) is 6.00. The normalized spacial score (nSPS) is 18.1. The summed E-state index contributed by atoms with van der Waals surface area (Å²) >= 11 is 0. The molecule has 248 valence electrons. The highest BCUT2D eigenvalue weighted by Crippen LogP contribution is 2.30. The van der Waals surface area contributed by atoms with Gasteiger partial charge in [0.1, 0.15) is 6.04 Å². The van der Waals surface area contributed by atoms with Gasteiger partial charge in [-0.25, -0.2) is 9.78 Å². The smallest absolute Gasteiger partial charge is 0.318 e. The van der Waals surface area contributed by atoms with E-state index < -0.39 is 12.1 Å². The topological polar surface area (TPSA) is 117 Å². The third-order valence-corrected chi connectivity index (χ3v) is 8.53. The first kappa shape index (κ1) is 34.6. The molecule has 10 heteroatoms. The van der Waals surface area contributed by atoms with E-state index in [9.17, 15) is 14.4 Å². The minimum atomic E-state index is -0.843. The van der Waals surface area contributed by atoms with Crippen LogP contribution in [0.4, 0.5) is 4.79 Å². The van der Waals surface area contributed by atoms with Crippen molar-refractivity contribution in [3.63, 3.8) is 0 Å². The van der Waals surface area contributed by atoms with E-state index in [4.69, 9.17) is 14.1 Å². The van der Waals surface area contributed by atoms with E-state index in [0.717, 1.165) is 31.5 Å². The van der Waals surface area contributed by atoms with Crippen molar-refractivity contribution in [1.29, 1.82) is 0 Å². The average molecular weight is 624 g/mol. The van der Waals surface area contributed by atoms with Crippen LogP contribution < -0.4 is 10.6 Å². The number of aromatic nitrogens is 1. The fraction of sp³-hybridized carbons (Fsp3) is 0.657. The van der Waals surface area contributed by atoms with Crippen LogP contribution in [0.2, 0.25) is 0 Å². The van der Waals surface area contributed by atoms with Crippen LogP contribution in [0.3, 0.4) is 0 Å². The molecule has 2 aromatic rings. The molecule has 2 aliphatic heterocycles. The molecule has 2 aliphatic rings. The van der Waals surface area contributed by atoms with Crippen LogP contribution in [0.1, 0.15) is 93.9 Å². The number of nitrogens with zero attached hydrogens (tertiary/aromatic N) is 3. The number of likely N-dealkylation sites (tertiary alicyclic amines) is 1.